The van der Waals surface area contributed by atoms with Gasteiger partial charge in [-0.1, -0.05) is 60.7 Å². The van der Waals surface area contributed by atoms with E-state index in [1.165, 1.54) is 0 Å². The zero-order chi connectivity index (χ0) is 14.0. The van der Waals surface area contributed by atoms with Crippen LogP contribution in [0.1, 0.15) is 11.1 Å². The Morgan fingerprint density at radius 2 is 1.20 bits per heavy atom. The minimum atomic E-state index is -0.361. The lowest BCUT2D eigenvalue weighted by atomic mass is 10.2. The average molecular weight is 272 g/mol. The van der Waals surface area contributed by atoms with Gasteiger partial charge in [0.15, 0.2) is 6.29 Å². The molecule has 0 saturated heterocycles. The van der Waals surface area contributed by atoms with Crippen molar-refractivity contribution in [3.05, 3.63) is 71.8 Å². The summed E-state index contributed by atoms with van der Waals surface area (Å²) in [6, 6.07) is 20.1. The molecule has 20 heavy (non-hydrogen) atoms. The van der Waals surface area contributed by atoms with Gasteiger partial charge in [0.2, 0.25) is 0 Å². The van der Waals surface area contributed by atoms with Crippen molar-refractivity contribution in [1.29, 1.82) is 0 Å². The van der Waals surface area contributed by atoms with Gasteiger partial charge in [0.05, 0.1) is 19.8 Å². The average Bonchev–Trinajstić information content (AvgIpc) is 2.52. The van der Waals surface area contributed by atoms with Gasteiger partial charge in [0.1, 0.15) is 0 Å². The molecule has 106 valence electrons. The van der Waals surface area contributed by atoms with Crippen LogP contribution in [0, 0.1) is 0 Å². The molecule has 2 rings (SSSR count). The first-order chi connectivity index (χ1) is 9.88. The Morgan fingerprint density at radius 3 is 1.60 bits per heavy atom. The fourth-order valence-electron chi connectivity index (χ4n) is 1.81. The maximum Gasteiger partial charge on any atom is 0.181 e. The van der Waals surface area contributed by atoms with Crippen LogP contribution >= 0.6 is 0 Å². The van der Waals surface area contributed by atoms with E-state index >= 15 is 0 Å². The lowest BCUT2D eigenvalue weighted by molar-refractivity contribution is -0.180. The first-order valence-corrected chi connectivity index (χ1v) is 6.68. The molecule has 0 spiro atoms. The van der Waals surface area contributed by atoms with Crippen molar-refractivity contribution >= 4 is 0 Å². The lowest BCUT2D eigenvalue weighted by Crippen LogP contribution is -2.22. The van der Waals surface area contributed by atoms with E-state index < -0.39 is 0 Å². The summed E-state index contributed by atoms with van der Waals surface area (Å²) in [6.45, 7) is 1.45. The number of rotatable bonds is 8. The van der Waals surface area contributed by atoms with Crippen molar-refractivity contribution in [2.45, 2.75) is 19.5 Å². The first-order valence-electron chi connectivity index (χ1n) is 6.68. The highest BCUT2D eigenvalue weighted by atomic mass is 16.7. The molecule has 0 bridgehead atoms. The van der Waals surface area contributed by atoms with E-state index in [2.05, 4.69) is 0 Å². The van der Waals surface area contributed by atoms with Gasteiger partial charge in [-0.25, -0.2) is 0 Å². The zero-order valence-electron chi connectivity index (χ0n) is 11.7. The summed E-state index contributed by atoms with van der Waals surface area (Å²) < 4.78 is 16.6. The number of benzene rings is 2. The monoisotopic (exact) mass is 272 g/mol. The number of hydrogen-bond donors (Lipinski definition) is 0. The third-order valence-electron chi connectivity index (χ3n) is 2.86. The molecule has 0 heterocycles. The van der Waals surface area contributed by atoms with E-state index in [9.17, 15) is 0 Å². The van der Waals surface area contributed by atoms with Crippen LogP contribution in [0.4, 0.5) is 0 Å². The number of hydrogen-bond acceptors (Lipinski definition) is 3. The molecule has 0 aromatic heterocycles. The quantitative estimate of drug-likeness (QED) is 0.689. The van der Waals surface area contributed by atoms with Crippen molar-refractivity contribution in [3.8, 4) is 0 Å². The molecule has 0 atom stereocenters. The zero-order valence-corrected chi connectivity index (χ0v) is 11.7. The molecular formula is C17H20O3. The molecule has 3 nitrogen and oxygen atoms in total. The van der Waals surface area contributed by atoms with E-state index in [4.69, 9.17) is 14.2 Å². The molecule has 0 unspecified atom stereocenters. The van der Waals surface area contributed by atoms with E-state index in [-0.39, 0.29) is 6.29 Å². The molecule has 0 aliphatic carbocycles. The van der Waals surface area contributed by atoms with Gasteiger partial charge in [-0.2, -0.15) is 0 Å². The van der Waals surface area contributed by atoms with E-state index in [1.54, 1.807) is 7.11 Å². The smallest absolute Gasteiger partial charge is 0.181 e. The van der Waals surface area contributed by atoms with Crippen molar-refractivity contribution in [3.63, 3.8) is 0 Å². The van der Waals surface area contributed by atoms with E-state index in [0.29, 0.717) is 19.8 Å². The predicted molar refractivity (Wildman–Crippen MR) is 78.1 cm³/mol. The second kappa shape index (κ2) is 8.48. The van der Waals surface area contributed by atoms with Crippen LogP contribution in [0.2, 0.25) is 0 Å². The molecule has 2 aromatic rings. The topological polar surface area (TPSA) is 27.7 Å². The Balaban J connectivity index is 1.81. The van der Waals surface area contributed by atoms with Crippen molar-refractivity contribution in [2.24, 2.45) is 0 Å². The second-order valence-electron chi connectivity index (χ2n) is 4.48. The summed E-state index contributed by atoms with van der Waals surface area (Å²) in [5.74, 6) is 0. The molecule has 2 aromatic carbocycles. The Morgan fingerprint density at radius 1 is 0.750 bits per heavy atom. The Hall–Kier alpha value is -1.68. The highest BCUT2D eigenvalue weighted by molar-refractivity contribution is 5.14. The van der Waals surface area contributed by atoms with Crippen LogP contribution in [0.25, 0.3) is 0 Å². The first kappa shape index (κ1) is 14.7. The normalized spacial score (nSPS) is 10.9. The molecule has 0 fully saturated rings. The Kier molecular flexibility index (Phi) is 6.24. The lowest BCUT2D eigenvalue weighted by Gasteiger charge is -2.18. The van der Waals surface area contributed by atoms with Gasteiger partial charge < -0.3 is 14.2 Å². The number of methoxy groups -OCH3 is 1. The Labute approximate surface area is 120 Å². The van der Waals surface area contributed by atoms with Crippen LogP contribution < -0.4 is 0 Å². The van der Waals surface area contributed by atoms with Crippen LogP contribution in [0.3, 0.4) is 0 Å². The summed E-state index contributed by atoms with van der Waals surface area (Å²) in [6.07, 6.45) is -0.361. The maximum absolute atomic E-state index is 5.74. The van der Waals surface area contributed by atoms with E-state index in [0.717, 1.165) is 11.1 Å². The Bertz CT molecular complexity index is 427. The molecule has 3 heteroatoms. The number of ether oxygens (including phenoxy) is 3. The molecule has 0 aliphatic heterocycles. The standard InChI is InChI=1S/C17H20O3/c1-18-14-17(19-12-15-8-4-2-5-9-15)20-13-16-10-6-3-7-11-16/h2-11,17H,12-14H2,1H3. The van der Waals surface area contributed by atoms with E-state index in [1.807, 2.05) is 60.7 Å². The van der Waals surface area contributed by atoms with Crippen molar-refractivity contribution in [2.75, 3.05) is 13.7 Å². The summed E-state index contributed by atoms with van der Waals surface area (Å²) in [7, 11) is 1.64. The van der Waals surface area contributed by atoms with Gasteiger partial charge in [-0.15, -0.1) is 0 Å². The molecule has 0 N–H and O–H groups in total. The molecular weight excluding hydrogens is 252 g/mol. The molecule has 0 aliphatic rings. The van der Waals surface area contributed by atoms with Gasteiger partial charge in [0, 0.05) is 7.11 Å². The summed E-state index contributed by atoms with van der Waals surface area (Å²) in [5.41, 5.74) is 2.24. The van der Waals surface area contributed by atoms with Crippen molar-refractivity contribution in [1.82, 2.24) is 0 Å². The highest BCUT2D eigenvalue weighted by Crippen LogP contribution is 2.08. The van der Waals surface area contributed by atoms with Crippen LogP contribution in [0.15, 0.2) is 60.7 Å². The molecule has 0 amide bonds. The minimum absolute atomic E-state index is 0.361. The fourth-order valence-corrected chi connectivity index (χ4v) is 1.81. The second-order valence-corrected chi connectivity index (χ2v) is 4.48. The predicted octanol–water partition coefficient (Wildman–Crippen LogP) is 3.39. The van der Waals surface area contributed by atoms with Crippen LogP contribution in [-0.4, -0.2) is 20.0 Å². The SMILES string of the molecule is COCC(OCc1ccccc1)OCc1ccccc1. The third-order valence-corrected chi connectivity index (χ3v) is 2.86. The summed E-state index contributed by atoms with van der Waals surface area (Å²) in [5, 5.41) is 0. The highest BCUT2D eigenvalue weighted by Gasteiger charge is 2.09. The largest absolute Gasteiger partial charge is 0.379 e. The third kappa shape index (κ3) is 5.13. The van der Waals surface area contributed by atoms with Gasteiger partial charge in [-0.05, 0) is 11.1 Å². The minimum Gasteiger partial charge on any atom is -0.379 e. The van der Waals surface area contributed by atoms with Crippen molar-refractivity contribution < 1.29 is 14.2 Å². The molecule has 0 saturated carbocycles. The summed E-state index contributed by atoms with van der Waals surface area (Å²) >= 11 is 0. The van der Waals surface area contributed by atoms with Crippen LogP contribution in [0.5, 0.6) is 0 Å². The fraction of sp³-hybridized carbons (Fsp3) is 0.294. The van der Waals surface area contributed by atoms with Gasteiger partial charge in [-0.3, -0.25) is 0 Å². The van der Waals surface area contributed by atoms with Gasteiger partial charge in [0.25, 0.3) is 0 Å². The maximum atomic E-state index is 5.74. The van der Waals surface area contributed by atoms with Crippen LogP contribution in [-0.2, 0) is 27.4 Å². The van der Waals surface area contributed by atoms with Gasteiger partial charge >= 0.3 is 0 Å². The summed E-state index contributed by atoms with van der Waals surface area (Å²) in [4.78, 5) is 0. The molecule has 0 radical (unpaired) electrons.